The van der Waals surface area contributed by atoms with Gasteiger partial charge in [0.15, 0.2) is 0 Å². The van der Waals surface area contributed by atoms with Crippen molar-refractivity contribution >= 4 is 0 Å². The fourth-order valence-corrected chi connectivity index (χ4v) is 1.69. The average Bonchev–Trinajstić information content (AvgIpc) is 2.43. The van der Waals surface area contributed by atoms with Crippen LogP contribution in [0.15, 0.2) is 36.4 Å². The molecule has 0 amide bonds. The third kappa shape index (κ3) is 3.36. The molecule has 102 valence electrons. The molecule has 4 heteroatoms. The molecule has 0 saturated carbocycles. The zero-order valence-corrected chi connectivity index (χ0v) is 11.2. The summed E-state index contributed by atoms with van der Waals surface area (Å²) in [5.74, 6) is 7.03. The Balaban J connectivity index is 2.36. The van der Waals surface area contributed by atoms with Crippen molar-refractivity contribution in [3.63, 3.8) is 0 Å². The van der Waals surface area contributed by atoms with Crippen LogP contribution in [-0.4, -0.2) is 24.4 Å². The summed E-state index contributed by atoms with van der Waals surface area (Å²) in [5, 5.41) is 18.8. The van der Waals surface area contributed by atoms with Crippen LogP contribution >= 0.6 is 0 Å². The lowest BCUT2D eigenvalue weighted by Crippen LogP contribution is -1.88. The van der Waals surface area contributed by atoms with Crippen molar-refractivity contribution in [2.45, 2.75) is 0 Å². The van der Waals surface area contributed by atoms with Gasteiger partial charge in [-0.15, -0.1) is 0 Å². The van der Waals surface area contributed by atoms with E-state index in [2.05, 4.69) is 11.8 Å². The van der Waals surface area contributed by atoms with Gasteiger partial charge >= 0.3 is 0 Å². The number of rotatable bonds is 2. The number of benzene rings is 2. The predicted molar refractivity (Wildman–Crippen MR) is 75.3 cm³/mol. The number of ether oxygens (including phenoxy) is 2. The topological polar surface area (TPSA) is 58.9 Å². The van der Waals surface area contributed by atoms with E-state index in [0.29, 0.717) is 22.6 Å². The molecule has 0 unspecified atom stereocenters. The van der Waals surface area contributed by atoms with Crippen LogP contribution in [0.5, 0.6) is 23.0 Å². The molecule has 0 fully saturated rings. The Labute approximate surface area is 117 Å². The third-order valence-corrected chi connectivity index (χ3v) is 2.61. The number of hydrogen-bond donors (Lipinski definition) is 2. The Hall–Kier alpha value is -2.80. The SMILES string of the molecule is COc1cc(C#Cc2cc(O)cc(O)c2)cc(OC)c1. The van der Waals surface area contributed by atoms with E-state index < -0.39 is 0 Å². The van der Waals surface area contributed by atoms with E-state index in [1.54, 1.807) is 32.4 Å². The molecule has 0 radical (unpaired) electrons. The van der Waals surface area contributed by atoms with Crippen LogP contribution in [0.2, 0.25) is 0 Å². The van der Waals surface area contributed by atoms with Crippen LogP contribution in [0.4, 0.5) is 0 Å². The van der Waals surface area contributed by atoms with E-state index in [-0.39, 0.29) is 11.5 Å². The lowest BCUT2D eigenvalue weighted by molar-refractivity contribution is 0.394. The van der Waals surface area contributed by atoms with Crippen molar-refractivity contribution in [3.8, 4) is 34.8 Å². The minimum absolute atomic E-state index is 0.0301. The Morgan fingerprint density at radius 1 is 0.700 bits per heavy atom. The number of aromatic hydroxyl groups is 2. The Kier molecular flexibility index (Phi) is 4.02. The summed E-state index contributed by atoms with van der Waals surface area (Å²) >= 11 is 0. The van der Waals surface area contributed by atoms with E-state index in [1.807, 2.05) is 0 Å². The van der Waals surface area contributed by atoms with Gasteiger partial charge < -0.3 is 19.7 Å². The average molecular weight is 270 g/mol. The number of hydrogen-bond acceptors (Lipinski definition) is 4. The van der Waals surface area contributed by atoms with Gasteiger partial charge in [0.1, 0.15) is 23.0 Å². The molecule has 0 heterocycles. The van der Waals surface area contributed by atoms with Crippen molar-refractivity contribution in [2.75, 3.05) is 14.2 Å². The minimum Gasteiger partial charge on any atom is -0.508 e. The molecule has 0 aromatic heterocycles. The maximum atomic E-state index is 9.39. The summed E-state index contributed by atoms with van der Waals surface area (Å²) in [6.07, 6.45) is 0. The van der Waals surface area contributed by atoms with Crippen molar-refractivity contribution < 1.29 is 19.7 Å². The lowest BCUT2D eigenvalue weighted by atomic mass is 10.1. The van der Waals surface area contributed by atoms with Gasteiger partial charge in [-0.3, -0.25) is 0 Å². The quantitative estimate of drug-likeness (QED) is 0.823. The smallest absolute Gasteiger partial charge is 0.123 e. The van der Waals surface area contributed by atoms with Gasteiger partial charge in [-0.2, -0.15) is 0 Å². The standard InChI is InChI=1S/C16H14O4/c1-19-15-7-12(8-16(10-15)20-2)4-3-11-5-13(17)9-14(18)6-11/h5-10,17-18H,1-2H3. The first kappa shape index (κ1) is 13.6. The van der Waals surface area contributed by atoms with Crippen LogP contribution in [0.1, 0.15) is 11.1 Å². The highest BCUT2D eigenvalue weighted by molar-refractivity contribution is 5.51. The van der Waals surface area contributed by atoms with Crippen LogP contribution < -0.4 is 9.47 Å². The van der Waals surface area contributed by atoms with Crippen molar-refractivity contribution in [1.29, 1.82) is 0 Å². The van der Waals surface area contributed by atoms with Crippen molar-refractivity contribution in [1.82, 2.24) is 0 Å². The van der Waals surface area contributed by atoms with Crippen molar-refractivity contribution in [2.24, 2.45) is 0 Å². The molecule has 0 atom stereocenters. The summed E-state index contributed by atoms with van der Waals surface area (Å²) in [7, 11) is 3.14. The van der Waals surface area contributed by atoms with E-state index in [0.717, 1.165) is 0 Å². The van der Waals surface area contributed by atoms with Gasteiger partial charge in [-0.05, 0) is 24.3 Å². The van der Waals surface area contributed by atoms with Gasteiger partial charge in [0.05, 0.1) is 14.2 Å². The fraction of sp³-hybridized carbons (Fsp3) is 0.125. The number of methoxy groups -OCH3 is 2. The number of phenols is 2. The molecule has 0 aliphatic carbocycles. The highest BCUT2D eigenvalue weighted by Crippen LogP contribution is 2.22. The summed E-state index contributed by atoms with van der Waals surface area (Å²) in [6.45, 7) is 0. The van der Waals surface area contributed by atoms with Crippen LogP contribution in [0, 0.1) is 11.8 Å². The van der Waals surface area contributed by atoms with Crippen molar-refractivity contribution in [3.05, 3.63) is 47.5 Å². The summed E-state index contributed by atoms with van der Waals surface area (Å²) < 4.78 is 10.3. The third-order valence-electron chi connectivity index (χ3n) is 2.61. The largest absolute Gasteiger partial charge is 0.508 e. The van der Waals surface area contributed by atoms with E-state index in [4.69, 9.17) is 9.47 Å². The Morgan fingerprint density at radius 2 is 1.15 bits per heavy atom. The van der Waals surface area contributed by atoms with Gasteiger partial charge in [0, 0.05) is 23.3 Å². The normalized spacial score (nSPS) is 9.50. The second kappa shape index (κ2) is 5.89. The molecule has 20 heavy (non-hydrogen) atoms. The van der Waals surface area contributed by atoms with Crippen LogP contribution in [0.3, 0.4) is 0 Å². The molecule has 0 bridgehead atoms. The molecule has 0 saturated heterocycles. The molecule has 0 aliphatic rings. The summed E-state index contributed by atoms with van der Waals surface area (Å²) in [4.78, 5) is 0. The molecular weight excluding hydrogens is 256 g/mol. The minimum atomic E-state index is -0.0301. The number of phenolic OH excluding ortho intramolecular Hbond substituents is 2. The van der Waals surface area contributed by atoms with Gasteiger partial charge in [0.25, 0.3) is 0 Å². The Morgan fingerprint density at radius 3 is 1.60 bits per heavy atom. The second-order valence-corrected chi connectivity index (χ2v) is 4.09. The predicted octanol–water partition coefficient (Wildman–Crippen LogP) is 2.51. The molecule has 2 aromatic rings. The zero-order valence-electron chi connectivity index (χ0n) is 11.2. The molecule has 4 nitrogen and oxygen atoms in total. The molecular formula is C16H14O4. The maximum Gasteiger partial charge on any atom is 0.123 e. The molecule has 2 rings (SSSR count). The molecule has 0 spiro atoms. The lowest BCUT2D eigenvalue weighted by Gasteiger charge is -2.04. The monoisotopic (exact) mass is 270 g/mol. The first-order valence-corrected chi connectivity index (χ1v) is 5.89. The van der Waals surface area contributed by atoms with Gasteiger partial charge in [-0.25, -0.2) is 0 Å². The van der Waals surface area contributed by atoms with Gasteiger partial charge in [0.2, 0.25) is 0 Å². The summed E-state index contributed by atoms with van der Waals surface area (Å²) in [5.41, 5.74) is 1.23. The molecule has 2 aromatic carbocycles. The van der Waals surface area contributed by atoms with Crippen LogP contribution in [-0.2, 0) is 0 Å². The summed E-state index contributed by atoms with van der Waals surface area (Å²) in [6, 6.07) is 9.51. The van der Waals surface area contributed by atoms with Crippen LogP contribution in [0.25, 0.3) is 0 Å². The first-order valence-electron chi connectivity index (χ1n) is 5.89. The van der Waals surface area contributed by atoms with E-state index in [1.165, 1.54) is 18.2 Å². The highest BCUT2D eigenvalue weighted by atomic mass is 16.5. The highest BCUT2D eigenvalue weighted by Gasteiger charge is 2.00. The first-order chi connectivity index (χ1) is 9.60. The molecule has 2 N–H and O–H groups in total. The Bertz CT molecular complexity index is 638. The fourth-order valence-electron chi connectivity index (χ4n) is 1.69. The zero-order chi connectivity index (χ0) is 14.5. The molecule has 0 aliphatic heterocycles. The van der Waals surface area contributed by atoms with E-state index >= 15 is 0 Å². The van der Waals surface area contributed by atoms with E-state index in [9.17, 15) is 10.2 Å². The maximum absolute atomic E-state index is 9.39. The van der Waals surface area contributed by atoms with Gasteiger partial charge in [-0.1, -0.05) is 11.8 Å². The second-order valence-electron chi connectivity index (χ2n) is 4.09.